The second-order valence-electron chi connectivity index (χ2n) is 9.25. The molecule has 2 amide bonds. The van der Waals surface area contributed by atoms with Crippen molar-refractivity contribution < 1.29 is 22.4 Å². The van der Waals surface area contributed by atoms with Crippen LogP contribution in [0.25, 0.3) is 0 Å². The lowest BCUT2D eigenvalue weighted by atomic mass is 10.1. The van der Waals surface area contributed by atoms with E-state index in [9.17, 15) is 22.4 Å². The lowest BCUT2D eigenvalue weighted by Crippen LogP contribution is -2.52. The van der Waals surface area contributed by atoms with Gasteiger partial charge in [0.05, 0.1) is 10.6 Å². The molecular weight excluding hydrogens is 505 g/mol. The Bertz CT molecular complexity index is 1350. The number of anilines is 1. The van der Waals surface area contributed by atoms with Gasteiger partial charge >= 0.3 is 0 Å². The zero-order valence-electron chi connectivity index (χ0n) is 22.1. The summed E-state index contributed by atoms with van der Waals surface area (Å²) in [4.78, 5) is 28.3. The van der Waals surface area contributed by atoms with Crippen LogP contribution in [-0.4, -0.2) is 43.8 Å². The quantitative estimate of drug-likeness (QED) is 0.384. The first-order valence-electron chi connectivity index (χ1n) is 12.5. The van der Waals surface area contributed by atoms with Crippen LogP contribution in [0.3, 0.4) is 0 Å². The first-order valence-corrected chi connectivity index (χ1v) is 14.0. The number of carbonyl (C=O) groups excluding carboxylic acids is 2. The fourth-order valence-electron chi connectivity index (χ4n) is 3.91. The molecule has 0 saturated heterocycles. The highest BCUT2D eigenvalue weighted by molar-refractivity contribution is 7.92. The van der Waals surface area contributed by atoms with Crippen LogP contribution < -0.4 is 9.62 Å². The molecule has 0 heterocycles. The van der Waals surface area contributed by atoms with Crippen LogP contribution in [-0.2, 0) is 26.2 Å². The molecule has 1 N–H and O–H groups in total. The van der Waals surface area contributed by atoms with Crippen LogP contribution >= 0.6 is 0 Å². The minimum atomic E-state index is -4.12. The molecule has 0 radical (unpaired) electrons. The van der Waals surface area contributed by atoms with Crippen molar-refractivity contribution >= 4 is 27.5 Å². The molecule has 9 heteroatoms. The Hall–Kier alpha value is -3.72. The molecule has 3 aromatic carbocycles. The number of hydrogen-bond acceptors (Lipinski definition) is 4. The van der Waals surface area contributed by atoms with E-state index < -0.39 is 34.3 Å². The second kappa shape index (κ2) is 12.7. The molecule has 0 saturated carbocycles. The van der Waals surface area contributed by atoms with E-state index in [-0.39, 0.29) is 23.4 Å². The molecule has 202 valence electrons. The summed E-state index contributed by atoms with van der Waals surface area (Å²) in [5.74, 6) is -1.35. The number of rotatable bonds is 11. The number of aryl methyl sites for hydroxylation is 1. The summed E-state index contributed by atoms with van der Waals surface area (Å²) in [6, 6.07) is 19.4. The summed E-state index contributed by atoms with van der Waals surface area (Å²) in [7, 11) is -4.12. The highest BCUT2D eigenvalue weighted by Gasteiger charge is 2.33. The third-order valence-corrected chi connectivity index (χ3v) is 8.20. The third-order valence-electron chi connectivity index (χ3n) is 6.43. The van der Waals surface area contributed by atoms with E-state index in [2.05, 4.69) is 5.32 Å². The van der Waals surface area contributed by atoms with Crippen molar-refractivity contribution in [3.63, 3.8) is 0 Å². The van der Waals surface area contributed by atoms with E-state index in [1.807, 2.05) is 13.8 Å². The normalized spacial score (nSPS) is 12.9. The van der Waals surface area contributed by atoms with Gasteiger partial charge in [-0.25, -0.2) is 12.8 Å². The molecular formula is C29H34FN3O4S. The van der Waals surface area contributed by atoms with Crippen molar-refractivity contribution in [3.8, 4) is 0 Å². The second-order valence-corrected chi connectivity index (χ2v) is 11.1. The van der Waals surface area contributed by atoms with Gasteiger partial charge in [-0.3, -0.25) is 13.9 Å². The summed E-state index contributed by atoms with van der Waals surface area (Å²) >= 11 is 0. The van der Waals surface area contributed by atoms with Gasteiger partial charge in [0.2, 0.25) is 11.8 Å². The Kier molecular flexibility index (Phi) is 9.63. The Morgan fingerprint density at radius 3 is 2.13 bits per heavy atom. The summed E-state index contributed by atoms with van der Waals surface area (Å²) in [6.07, 6.45) is 0.709. The van der Waals surface area contributed by atoms with E-state index in [1.165, 1.54) is 41.3 Å². The van der Waals surface area contributed by atoms with Gasteiger partial charge in [0.25, 0.3) is 10.0 Å². The predicted molar refractivity (Wildman–Crippen MR) is 146 cm³/mol. The monoisotopic (exact) mass is 539 g/mol. The van der Waals surface area contributed by atoms with Gasteiger partial charge < -0.3 is 10.2 Å². The van der Waals surface area contributed by atoms with Gasteiger partial charge in [0, 0.05) is 12.6 Å². The molecule has 0 fully saturated rings. The van der Waals surface area contributed by atoms with Crippen LogP contribution in [0, 0.1) is 12.7 Å². The molecule has 0 aliphatic carbocycles. The molecule has 0 aliphatic rings. The topological polar surface area (TPSA) is 86.8 Å². The maximum absolute atomic E-state index is 13.9. The highest BCUT2D eigenvalue weighted by Crippen LogP contribution is 2.27. The summed E-state index contributed by atoms with van der Waals surface area (Å²) in [5.41, 5.74) is 1.65. The van der Waals surface area contributed by atoms with Gasteiger partial charge in [0.1, 0.15) is 18.4 Å². The molecule has 3 aromatic rings. The van der Waals surface area contributed by atoms with Crippen molar-refractivity contribution in [1.29, 1.82) is 0 Å². The van der Waals surface area contributed by atoms with Crippen LogP contribution in [0.4, 0.5) is 10.1 Å². The zero-order valence-corrected chi connectivity index (χ0v) is 22.9. The van der Waals surface area contributed by atoms with Gasteiger partial charge in [-0.1, -0.05) is 55.5 Å². The number of para-hydroxylation sites is 1. The Balaban J connectivity index is 2.02. The average molecular weight is 540 g/mol. The first-order chi connectivity index (χ1) is 18.0. The Morgan fingerprint density at radius 2 is 1.53 bits per heavy atom. The minimum absolute atomic E-state index is 0.00119. The molecule has 3 rings (SSSR count). The molecule has 0 bridgehead atoms. The number of benzene rings is 3. The van der Waals surface area contributed by atoms with Crippen LogP contribution in [0.5, 0.6) is 0 Å². The molecule has 7 nitrogen and oxygen atoms in total. The fourth-order valence-corrected chi connectivity index (χ4v) is 5.41. The third kappa shape index (κ3) is 6.98. The maximum atomic E-state index is 13.9. The van der Waals surface area contributed by atoms with Gasteiger partial charge in [0.15, 0.2) is 0 Å². The van der Waals surface area contributed by atoms with Crippen molar-refractivity contribution in [2.75, 3.05) is 10.8 Å². The van der Waals surface area contributed by atoms with Gasteiger partial charge in [-0.05, 0) is 68.7 Å². The van der Waals surface area contributed by atoms with E-state index in [4.69, 9.17) is 0 Å². The number of nitrogens with one attached hydrogen (secondary N) is 1. The zero-order chi connectivity index (χ0) is 27.9. The molecule has 2 atom stereocenters. The van der Waals surface area contributed by atoms with Crippen LogP contribution in [0.15, 0.2) is 83.8 Å². The largest absolute Gasteiger partial charge is 0.352 e. The number of hydrogen-bond donors (Lipinski definition) is 1. The molecule has 38 heavy (non-hydrogen) atoms. The predicted octanol–water partition coefficient (Wildman–Crippen LogP) is 4.66. The van der Waals surface area contributed by atoms with E-state index in [0.29, 0.717) is 23.2 Å². The summed E-state index contributed by atoms with van der Waals surface area (Å²) in [5, 5.41) is 2.89. The smallest absolute Gasteiger partial charge is 0.264 e. The number of carbonyl (C=O) groups is 2. The molecule has 0 aromatic heterocycles. The highest BCUT2D eigenvalue weighted by atomic mass is 32.2. The lowest BCUT2D eigenvalue weighted by molar-refractivity contribution is -0.139. The number of amides is 2. The van der Waals surface area contributed by atoms with Crippen LogP contribution in [0.2, 0.25) is 0 Å². The summed E-state index contributed by atoms with van der Waals surface area (Å²) < 4.78 is 42.1. The Morgan fingerprint density at radius 1 is 0.921 bits per heavy atom. The van der Waals surface area contributed by atoms with Crippen molar-refractivity contribution in [1.82, 2.24) is 10.2 Å². The summed E-state index contributed by atoms with van der Waals surface area (Å²) in [6.45, 7) is 6.65. The van der Waals surface area contributed by atoms with Gasteiger partial charge in [-0.2, -0.15) is 0 Å². The number of sulfonamides is 1. The maximum Gasteiger partial charge on any atom is 0.264 e. The minimum Gasteiger partial charge on any atom is -0.352 e. The average Bonchev–Trinajstić information content (AvgIpc) is 2.91. The fraction of sp³-hybridized carbons (Fsp3) is 0.310. The van der Waals surface area contributed by atoms with E-state index in [0.717, 1.165) is 4.31 Å². The molecule has 0 spiro atoms. The van der Waals surface area contributed by atoms with Gasteiger partial charge in [-0.15, -0.1) is 0 Å². The molecule has 2 unspecified atom stereocenters. The number of nitrogens with zero attached hydrogens (tertiary/aromatic N) is 2. The standard InChI is InChI=1S/C29H34FN3O4S/c1-5-22(3)31-29(35)23(4)32(19-24-15-17-25(30)18-16-24)28(34)20-33(27-14-10-9-11-21(27)2)38(36,37)26-12-7-6-8-13-26/h6-18,22-23H,5,19-20H2,1-4H3,(H,31,35). The van der Waals surface area contributed by atoms with Crippen molar-refractivity contribution in [2.24, 2.45) is 0 Å². The van der Waals surface area contributed by atoms with Crippen molar-refractivity contribution in [3.05, 3.63) is 95.8 Å². The lowest BCUT2D eigenvalue weighted by Gasteiger charge is -2.33. The first kappa shape index (κ1) is 28.8. The van der Waals surface area contributed by atoms with Crippen molar-refractivity contribution in [2.45, 2.75) is 57.6 Å². The van der Waals surface area contributed by atoms with Crippen LogP contribution in [0.1, 0.15) is 38.3 Å². The van der Waals surface area contributed by atoms with E-state index >= 15 is 0 Å². The molecule has 0 aliphatic heterocycles. The van der Waals surface area contributed by atoms with E-state index in [1.54, 1.807) is 56.3 Å². The Labute approximate surface area is 224 Å². The SMILES string of the molecule is CCC(C)NC(=O)C(C)N(Cc1ccc(F)cc1)C(=O)CN(c1ccccc1C)S(=O)(=O)c1ccccc1. The number of halogens is 1.